The van der Waals surface area contributed by atoms with Gasteiger partial charge in [0, 0.05) is 23.0 Å². The Labute approximate surface area is 189 Å². The minimum atomic E-state index is -1.13. The Morgan fingerprint density at radius 1 is 1.00 bits per heavy atom. The number of rotatable bonds is 7. The number of carboxylic acid groups (broad SMARTS) is 1. The molecule has 3 amide bonds. The fourth-order valence-corrected chi connectivity index (χ4v) is 2.89. The molecule has 1 aromatic heterocycles. The van der Waals surface area contributed by atoms with Crippen LogP contribution in [-0.2, 0) is 4.79 Å². The summed E-state index contributed by atoms with van der Waals surface area (Å²) >= 11 is 0. The summed E-state index contributed by atoms with van der Waals surface area (Å²) in [6.07, 6.45) is 0. The Morgan fingerprint density at radius 3 is 2.09 bits per heavy atom. The van der Waals surface area contributed by atoms with Crippen LogP contribution in [0.5, 0.6) is 0 Å². The van der Waals surface area contributed by atoms with Gasteiger partial charge in [0.25, 0.3) is 5.91 Å². The lowest BCUT2D eigenvalue weighted by atomic mass is 10.0. The average molecular weight is 447 g/mol. The highest BCUT2D eigenvalue weighted by molar-refractivity contribution is 6.00. The molecule has 0 aliphatic rings. The van der Waals surface area contributed by atoms with Gasteiger partial charge in [-0.3, -0.25) is 4.79 Å². The van der Waals surface area contributed by atoms with Gasteiger partial charge in [0.2, 0.25) is 5.76 Å². The van der Waals surface area contributed by atoms with Crippen LogP contribution in [0.3, 0.4) is 0 Å². The second-order valence-electron chi connectivity index (χ2n) is 7.46. The number of hydrogen-bond acceptors (Lipinski definition) is 6. The van der Waals surface area contributed by atoms with Gasteiger partial charge in [0.15, 0.2) is 0 Å². The number of amides is 3. The van der Waals surface area contributed by atoms with E-state index in [1.165, 1.54) is 6.07 Å². The van der Waals surface area contributed by atoms with Gasteiger partial charge in [-0.25, -0.2) is 9.59 Å². The molecule has 4 N–H and O–H groups in total. The van der Waals surface area contributed by atoms with Gasteiger partial charge in [-0.15, -0.1) is 0 Å². The Balaban J connectivity index is 1.61. The number of urea groups is 1. The third-order valence-electron chi connectivity index (χ3n) is 4.66. The first-order valence-electron chi connectivity index (χ1n) is 9.96. The highest BCUT2D eigenvalue weighted by Crippen LogP contribution is 2.22. The van der Waals surface area contributed by atoms with Gasteiger partial charge in [-0.1, -0.05) is 31.1 Å². The van der Waals surface area contributed by atoms with E-state index in [-0.39, 0.29) is 11.7 Å². The second-order valence-corrected chi connectivity index (χ2v) is 7.46. The van der Waals surface area contributed by atoms with Crippen LogP contribution >= 0.6 is 0 Å². The fraction of sp³-hybridized carbons (Fsp3) is 0.174. The molecule has 0 bridgehead atoms. The molecular formula is C23H21N5O5. The third-order valence-corrected chi connectivity index (χ3v) is 4.66. The van der Waals surface area contributed by atoms with Crippen LogP contribution in [0.4, 0.5) is 16.2 Å². The van der Waals surface area contributed by atoms with Crippen LogP contribution in [0, 0.1) is 17.2 Å². The highest BCUT2D eigenvalue weighted by atomic mass is 16.5. The maximum atomic E-state index is 12.3. The molecule has 2 aromatic carbocycles. The second kappa shape index (κ2) is 10.1. The van der Waals surface area contributed by atoms with E-state index in [1.807, 2.05) is 6.07 Å². The number of carbonyl (C=O) groups is 3. The molecule has 0 spiro atoms. The van der Waals surface area contributed by atoms with Gasteiger partial charge >= 0.3 is 12.0 Å². The van der Waals surface area contributed by atoms with Crippen molar-refractivity contribution >= 4 is 29.3 Å². The summed E-state index contributed by atoms with van der Waals surface area (Å²) in [5, 5.41) is 29.6. The summed E-state index contributed by atoms with van der Waals surface area (Å²) in [5.41, 5.74) is 2.57. The van der Waals surface area contributed by atoms with E-state index >= 15 is 0 Å². The summed E-state index contributed by atoms with van der Waals surface area (Å²) in [5.74, 6) is -2.22. The van der Waals surface area contributed by atoms with Gasteiger partial charge in [-0.05, 0) is 42.3 Å². The predicted octanol–water partition coefficient (Wildman–Crippen LogP) is 3.70. The van der Waals surface area contributed by atoms with Crippen molar-refractivity contribution in [1.29, 1.82) is 5.26 Å². The predicted molar refractivity (Wildman–Crippen MR) is 119 cm³/mol. The van der Waals surface area contributed by atoms with Gasteiger partial charge in [0.05, 0.1) is 11.6 Å². The smallest absolute Gasteiger partial charge is 0.326 e. The van der Waals surface area contributed by atoms with Crippen LogP contribution in [0.25, 0.3) is 11.3 Å². The molecule has 33 heavy (non-hydrogen) atoms. The molecular weight excluding hydrogens is 426 g/mol. The molecule has 1 unspecified atom stereocenters. The van der Waals surface area contributed by atoms with Crippen molar-refractivity contribution in [3.8, 4) is 17.3 Å². The standard InChI is InChI=1S/C23H21N5O5/c1-13(2)20(22(30)31)27-21(29)19-11-18(28-33-19)15-5-9-17(10-6-15)26-23(32)25-16-7-3-14(12-24)4-8-16/h3-11,13,20H,1-2H3,(H,27,29)(H,30,31)(H2,25,26,32). The van der Waals surface area contributed by atoms with Crippen molar-refractivity contribution in [2.75, 3.05) is 10.6 Å². The number of anilines is 2. The van der Waals surface area contributed by atoms with E-state index < -0.39 is 23.9 Å². The molecule has 0 aliphatic heterocycles. The Bertz CT molecular complexity index is 1190. The number of carboxylic acids is 1. The first-order valence-corrected chi connectivity index (χ1v) is 9.96. The van der Waals surface area contributed by atoms with Crippen LogP contribution in [0.15, 0.2) is 59.1 Å². The Morgan fingerprint density at radius 2 is 1.58 bits per heavy atom. The summed E-state index contributed by atoms with van der Waals surface area (Å²) in [7, 11) is 0. The number of aliphatic carboxylic acids is 1. The maximum Gasteiger partial charge on any atom is 0.326 e. The van der Waals surface area contributed by atoms with E-state index in [4.69, 9.17) is 9.78 Å². The molecule has 1 atom stereocenters. The summed E-state index contributed by atoms with van der Waals surface area (Å²) < 4.78 is 5.06. The molecule has 10 heteroatoms. The molecule has 3 aromatic rings. The summed E-state index contributed by atoms with van der Waals surface area (Å²) in [4.78, 5) is 35.7. The molecule has 3 rings (SSSR count). The van der Waals surface area contributed by atoms with E-state index in [0.29, 0.717) is 28.2 Å². The lowest BCUT2D eigenvalue weighted by Gasteiger charge is -2.16. The first-order chi connectivity index (χ1) is 15.8. The molecule has 0 saturated carbocycles. The monoisotopic (exact) mass is 447 g/mol. The zero-order valence-corrected chi connectivity index (χ0v) is 17.8. The van der Waals surface area contributed by atoms with Crippen molar-refractivity contribution in [3.63, 3.8) is 0 Å². The van der Waals surface area contributed by atoms with Gasteiger partial charge in [-0.2, -0.15) is 5.26 Å². The fourth-order valence-electron chi connectivity index (χ4n) is 2.89. The van der Waals surface area contributed by atoms with Crippen molar-refractivity contribution < 1.29 is 24.0 Å². The minimum Gasteiger partial charge on any atom is -0.480 e. The molecule has 1 heterocycles. The molecule has 0 aliphatic carbocycles. The van der Waals surface area contributed by atoms with Crippen molar-refractivity contribution in [2.45, 2.75) is 19.9 Å². The van der Waals surface area contributed by atoms with Crippen molar-refractivity contribution in [1.82, 2.24) is 10.5 Å². The van der Waals surface area contributed by atoms with Gasteiger partial charge in [0.1, 0.15) is 11.7 Å². The topological polar surface area (TPSA) is 157 Å². The molecule has 0 radical (unpaired) electrons. The number of hydrogen-bond donors (Lipinski definition) is 4. The Hall–Kier alpha value is -4.65. The van der Waals surface area contributed by atoms with Gasteiger partial charge < -0.3 is 25.6 Å². The van der Waals surface area contributed by atoms with Crippen LogP contribution in [0.1, 0.15) is 30.0 Å². The largest absolute Gasteiger partial charge is 0.480 e. The number of benzene rings is 2. The van der Waals surface area contributed by atoms with Crippen LogP contribution in [0.2, 0.25) is 0 Å². The lowest BCUT2D eigenvalue weighted by molar-refractivity contribution is -0.140. The number of nitrogens with one attached hydrogen (secondary N) is 3. The summed E-state index contributed by atoms with van der Waals surface area (Å²) in [6.45, 7) is 3.37. The number of carbonyl (C=O) groups excluding carboxylic acids is 2. The van der Waals surface area contributed by atoms with Crippen molar-refractivity contribution in [2.24, 2.45) is 5.92 Å². The van der Waals surface area contributed by atoms with E-state index in [2.05, 4.69) is 21.1 Å². The van der Waals surface area contributed by atoms with Crippen molar-refractivity contribution in [3.05, 3.63) is 65.9 Å². The zero-order valence-electron chi connectivity index (χ0n) is 17.8. The lowest BCUT2D eigenvalue weighted by Crippen LogP contribution is -2.44. The third kappa shape index (κ3) is 5.95. The Kier molecular flexibility index (Phi) is 7.05. The number of aromatic nitrogens is 1. The molecule has 10 nitrogen and oxygen atoms in total. The van der Waals surface area contributed by atoms with Crippen LogP contribution in [-0.4, -0.2) is 34.2 Å². The van der Waals surface area contributed by atoms with E-state index in [9.17, 15) is 19.5 Å². The minimum absolute atomic E-state index is 0.110. The average Bonchev–Trinajstić information content (AvgIpc) is 3.28. The van der Waals surface area contributed by atoms with E-state index in [1.54, 1.807) is 62.4 Å². The van der Waals surface area contributed by atoms with Crippen LogP contribution < -0.4 is 16.0 Å². The molecule has 0 fully saturated rings. The summed E-state index contributed by atoms with van der Waals surface area (Å²) in [6, 6.07) is 15.0. The molecule has 0 saturated heterocycles. The normalized spacial score (nSPS) is 11.3. The zero-order chi connectivity index (χ0) is 24.0. The quantitative estimate of drug-likeness (QED) is 0.430. The highest BCUT2D eigenvalue weighted by Gasteiger charge is 2.25. The SMILES string of the molecule is CC(C)C(NC(=O)c1cc(-c2ccc(NC(=O)Nc3ccc(C#N)cc3)cc2)no1)C(=O)O. The first kappa shape index (κ1) is 23.0. The molecule has 168 valence electrons. The number of nitriles is 1. The van der Waals surface area contributed by atoms with E-state index in [0.717, 1.165) is 0 Å². The number of nitrogens with zero attached hydrogens (tertiary/aromatic N) is 2. The maximum absolute atomic E-state index is 12.3.